The van der Waals surface area contributed by atoms with Crippen LogP contribution in [0, 0.1) is 0 Å². The number of pyridine rings is 1. The molecule has 1 aromatic heterocycles. The third kappa shape index (κ3) is 5.08. The first kappa shape index (κ1) is 15.3. The molecule has 0 spiro atoms. The summed E-state index contributed by atoms with van der Waals surface area (Å²) in [5.74, 6) is -0.796. The van der Waals surface area contributed by atoms with Crippen molar-refractivity contribution in [2.24, 2.45) is 0 Å². The van der Waals surface area contributed by atoms with Gasteiger partial charge in [0.05, 0.1) is 10.7 Å². The summed E-state index contributed by atoms with van der Waals surface area (Å²) in [5.41, 5.74) is 1.93. The SMILES string of the molecule is O=C(O)CCC(Cc1ccccc1)Nc1ccncc1Cl. The molecular formula is C16H17ClN2O2. The Kier molecular flexibility index (Phi) is 5.58. The van der Waals surface area contributed by atoms with Crippen LogP contribution in [0.1, 0.15) is 18.4 Å². The molecule has 4 nitrogen and oxygen atoms in total. The van der Waals surface area contributed by atoms with Crippen LogP contribution in [0.5, 0.6) is 0 Å². The van der Waals surface area contributed by atoms with Gasteiger partial charge in [-0.3, -0.25) is 9.78 Å². The molecule has 1 aromatic carbocycles. The van der Waals surface area contributed by atoms with Crippen molar-refractivity contribution in [1.29, 1.82) is 0 Å². The van der Waals surface area contributed by atoms with Crippen molar-refractivity contribution in [3.8, 4) is 0 Å². The quantitative estimate of drug-likeness (QED) is 0.820. The Bertz CT molecular complexity index is 590. The second-order valence-corrected chi connectivity index (χ2v) is 5.23. The van der Waals surface area contributed by atoms with Crippen molar-refractivity contribution in [1.82, 2.24) is 4.98 Å². The fourth-order valence-electron chi connectivity index (χ4n) is 2.13. The highest BCUT2D eigenvalue weighted by Crippen LogP contribution is 2.22. The summed E-state index contributed by atoms with van der Waals surface area (Å²) >= 11 is 6.09. The van der Waals surface area contributed by atoms with E-state index >= 15 is 0 Å². The smallest absolute Gasteiger partial charge is 0.303 e. The molecule has 0 aliphatic heterocycles. The van der Waals surface area contributed by atoms with Crippen molar-refractivity contribution in [3.63, 3.8) is 0 Å². The number of carbonyl (C=O) groups is 1. The molecule has 1 atom stereocenters. The molecule has 2 aromatic rings. The molecule has 0 saturated heterocycles. The van der Waals surface area contributed by atoms with Gasteiger partial charge in [0.25, 0.3) is 0 Å². The van der Waals surface area contributed by atoms with E-state index in [0.717, 1.165) is 17.7 Å². The number of hydrogen-bond acceptors (Lipinski definition) is 3. The van der Waals surface area contributed by atoms with Gasteiger partial charge < -0.3 is 10.4 Å². The highest BCUT2D eigenvalue weighted by molar-refractivity contribution is 6.33. The second-order valence-electron chi connectivity index (χ2n) is 4.82. The first-order valence-electron chi connectivity index (χ1n) is 6.77. The summed E-state index contributed by atoms with van der Waals surface area (Å²) in [7, 11) is 0. The summed E-state index contributed by atoms with van der Waals surface area (Å²) < 4.78 is 0. The summed E-state index contributed by atoms with van der Waals surface area (Å²) in [6.45, 7) is 0. The maximum atomic E-state index is 10.8. The topological polar surface area (TPSA) is 62.2 Å². The Balaban J connectivity index is 2.08. The molecule has 110 valence electrons. The van der Waals surface area contributed by atoms with E-state index in [4.69, 9.17) is 16.7 Å². The molecule has 0 amide bonds. The van der Waals surface area contributed by atoms with Crippen LogP contribution in [0.4, 0.5) is 5.69 Å². The van der Waals surface area contributed by atoms with Crippen LogP contribution in [-0.2, 0) is 11.2 Å². The molecular weight excluding hydrogens is 288 g/mol. The Morgan fingerprint density at radius 3 is 2.71 bits per heavy atom. The molecule has 0 fully saturated rings. The molecule has 2 N–H and O–H groups in total. The number of benzene rings is 1. The second kappa shape index (κ2) is 7.64. The normalized spacial score (nSPS) is 11.9. The zero-order chi connectivity index (χ0) is 15.1. The summed E-state index contributed by atoms with van der Waals surface area (Å²) in [6, 6.07) is 11.8. The zero-order valence-electron chi connectivity index (χ0n) is 11.5. The fourth-order valence-corrected chi connectivity index (χ4v) is 2.31. The lowest BCUT2D eigenvalue weighted by Gasteiger charge is -2.20. The van der Waals surface area contributed by atoms with E-state index in [9.17, 15) is 4.79 Å². The average molecular weight is 305 g/mol. The minimum Gasteiger partial charge on any atom is -0.481 e. The van der Waals surface area contributed by atoms with Gasteiger partial charge in [0.1, 0.15) is 0 Å². The Morgan fingerprint density at radius 2 is 2.05 bits per heavy atom. The number of aromatic nitrogens is 1. The van der Waals surface area contributed by atoms with Crippen LogP contribution in [-0.4, -0.2) is 22.1 Å². The van der Waals surface area contributed by atoms with Crippen molar-refractivity contribution >= 4 is 23.3 Å². The lowest BCUT2D eigenvalue weighted by molar-refractivity contribution is -0.137. The van der Waals surface area contributed by atoms with Crippen LogP contribution in [0.3, 0.4) is 0 Å². The molecule has 0 aliphatic rings. The summed E-state index contributed by atoms with van der Waals surface area (Å²) in [4.78, 5) is 14.8. The van der Waals surface area contributed by atoms with Crippen LogP contribution < -0.4 is 5.32 Å². The predicted octanol–water partition coefficient (Wildman–Crippen LogP) is 3.62. The van der Waals surface area contributed by atoms with Crippen molar-refractivity contribution in [2.45, 2.75) is 25.3 Å². The number of rotatable bonds is 7. The molecule has 0 saturated carbocycles. The van der Waals surface area contributed by atoms with Gasteiger partial charge in [-0.2, -0.15) is 0 Å². The maximum absolute atomic E-state index is 10.8. The fraction of sp³-hybridized carbons (Fsp3) is 0.250. The standard InChI is InChI=1S/C16H17ClN2O2/c17-14-11-18-9-8-15(14)19-13(6-7-16(20)21)10-12-4-2-1-3-5-12/h1-5,8-9,11,13H,6-7,10H2,(H,18,19)(H,20,21). The number of carboxylic acids is 1. The van der Waals surface area contributed by atoms with E-state index in [1.165, 1.54) is 0 Å². The van der Waals surface area contributed by atoms with E-state index in [0.29, 0.717) is 11.4 Å². The van der Waals surface area contributed by atoms with Crippen LogP contribution in [0.25, 0.3) is 0 Å². The van der Waals surface area contributed by atoms with Crippen LogP contribution >= 0.6 is 11.6 Å². The first-order valence-corrected chi connectivity index (χ1v) is 7.14. The monoisotopic (exact) mass is 304 g/mol. The maximum Gasteiger partial charge on any atom is 0.303 e. The third-order valence-electron chi connectivity index (χ3n) is 3.16. The minimum absolute atomic E-state index is 0.00315. The molecule has 0 aliphatic carbocycles. The van der Waals surface area contributed by atoms with E-state index in [1.54, 1.807) is 18.5 Å². The first-order chi connectivity index (χ1) is 10.1. The van der Waals surface area contributed by atoms with Crippen molar-refractivity contribution in [3.05, 3.63) is 59.4 Å². The van der Waals surface area contributed by atoms with Crippen LogP contribution in [0.15, 0.2) is 48.8 Å². The number of nitrogens with one attached hydrogen (secondary N) is 1. The van der Waals surface area contributed by atoms with Gasteiger partial charge in [-0.1, -0.05) is 41.9 Å². The lowest BCUT2D eigenvalue weighted by atomic mass is 10.0. The molecule has 21 heavy (non-hydrogen) atoms. The largest absolute Gasteiger partial charge is 0.481 e. The minimum atomic E-state index is -0.796. The summed E-state index contributed by atoms with van der Waals surface area (Å²) in [5, 5.41) is 12.7. The van der Waals surface area contributed by atoms with Gasteiger partial charge >= 0.3 is 5.97 Å². The number of aliphatic carboxylic acids is 1. The molecule has 1 unspecified atom stereocenters. The van der Waals surface area contributed by atoms with Gasteiger partial charge in [-0.15, -0.1) is 0 Å². The average Bonchev–Trinajstić information content (AvgIpc) is 2.48. The molecule has 5 heteroatoms. The lowest BCUT2D eigenvalue weighted by Crippen LogP contribution is -2.23. The van der Waals surface area contributed by atoms with Crippen molar-refractivity contribution in [2.75, 3.05) is 5.32 Å². The van der Waals surface area contributed by atoms with E-state index in [1.807, 2.05) is 30.3 Å². The molecule has 2 rings (SSSR count). The van der Waals surface area contributed by atoms with E-state index in [2.05, 4.69) is 10.3 Å². The van der Waals surface area contributed by atoms with Gasteiger partial charge in [-0.25, -0.2) is 0 Å². The summed E-state index contributed by atoms with van der Waals surface area (Å²) in [6.07, 6.45) is 4.62. The Hall–Kier alpha value is -2.07. The van der Waals surface area contributed by atoms with E-state index in [-0.39, 0.29) is 12.5 Å². The molecule has 0 radical (unpaired) electrons. The number of nitrogens with zero attached hydrogens (tertiary/aromatic N) is 1. The third-order valence-corrected chi connectivity index (χ3v) is 3.46. The number of carboxylic acid groups (broad SMARTS) is 1. The van der Waals surface area contributed by atoms with Crippen LogP contribution in [0.2, 0.25) is 5.02 Å². The van der Waals surface area contributed by atoms with Crippen molar-refractivity contribution < 1.29 is 9.90 Å². The highest BCUT2D eigenvalue weighted by atomic mass is 35.5. The number of halogens is 1. The highest BCUT2D eigenvalue weighted by Gasteiger charge is 2.13. The number of anilines is 1. The zero-order valence-corrected chi connectivity index (χ0v) is 12.3. The van der Waals surface area contributed by atoms with Gasteiger partial charge in [0.2, 0.25) is 0 Å². The van der Waals surface area contributed by atoms with E-state index < -0.39 is 5.97 Å². The number of hydrogen-bond donors (Lipinski definition) is 2. The molecule has 0 bridgehead atoms. The van der Waals surface area contributed by atoms with Gasteiger partial charge in [-0.05, 0) is 24.5 Å². The van der Waals surface area contributed by atoms with Gasteiger partial charge in [0, 0.05) is 24.9 Å². The molecule has 1 heterocycles. The van der Waals surface area contributed by atoms with Gasteiger partial charge in [0.15, 0.2) is 0 Å². The Labute approximate surface area is 128 Å². The Morgan fingerprint density at radius 1 is 1.29 bits per heavy atom. The predicted molar refractivity (Wildman–Crippen MR) is 83.7 cm³/mol.